The Morgan fingerprint density at radius 2 is 1.69 bits per heavy atom. The van der Waals surface area contributed by atoms with Crippen LogP contribution in [0, 0.1) is 0 Å². The van der Waals surface area contributed by atoms with Gasteiger partial charge in [-0.25, -0.2) is 15.0 Å². The van der Waals surface area contributed by atoms with Crippen molar-refractivity contribution in [2.45, 2.75) is 37.3 Å². The van der Waals surface area contributed by atoms with Gasteiger partial charge in [0.2, 0.25) is 11.8 Å². The van der Waals surface area contributed by atoms with E-state index in [0.29, 0.717) is 29.6 Å². The first-order chi connectivity index (χ1) is 17.4. The van der Waals surface area contributed by atoms with Gasteiger partial charge in [-0.05, 0) is 91.2 Å². The number of hydrogen-bond acceptors (Lipinski definition) is 6. The molecule has 0 fully saturated rings. The van der Waals surface area contributed by atoms with Crippen LogP contribution in [0.25, 0.3) is 11.1 Å². The Bertz CT molecular complexity index is 1270. The lowest BCUT2D eigenvalue weighted by Gasteiger charge is -2.09. The van der Waals surface area contributed by atoms with Crippen molar-refractivity contribution < 1.29 is 17.9 Å². The van der Waals surface area contributed by atoms with Crippen molar-refractivity contribution in [1.82, 2.24) is 15.0 Å². The molecule has 186 valence electrons. The van der Waals surface area contributed by atoms with E-state index < -0.39 is 11.7 Å². The first kappa shape index (κ1) is 25.5. The van der Waals surface area contributed by atoms with E-state index >= 15 is 0 Å². The average molecular weight is 511 g/mol. The van der Waals surface area contributed by atoms with E-state index in [1.807, 2.05) is 13.0 Å². The molecule has 1 aliphatic carbocycles. The summed E-state index contributed by atoms with van der Waals surface area (Å²) in [7, 11) is 0. The largest absolute Gasteiger partial charge is 0.478 e. The van der Waals surface area contributed by atoms with Crippen LogP contribution in [-0.2, 0) is 19.0 Å². The van der Waals surface area contributed by atoms with Crippen LogP contribution in [0.3, 0.4) is 0 Å². The maximum absolute atomic E-state index is 12.6. The molecule has 0 saturated heterocycles. The fraction of sp³-hybridized carbons (Fsp3) is 0.222. The molecule has 0 spiro atoms. The molecule has 0 aliphatic heterocycles. The number of ether oxygens (including phenoxy) is 1. The third-order valence-electron chi connectivity index (χ3n) is 5.45. The van der Waals surface area contributed by atoms with E-state index in [1.165, 1.54) is 47.5 Å². The SMILES string of the molecule is CCOc1ccc(-c2cccc(C(F)(F)F)c2)cn1.c1cnc(NSc2ccc3c(c2)CCC3)nc1. The van der Waals surface area contributed by atoms with Crippen LogP contribution in [-0.4, -0.2) is 21.6 Å². The molecule has 2 aromatic carbocycles. The van der Waals surface area contributed by atoms with Gasteiger partial charge in [-0.15, -0.1) is 0 Å². The van der Waals surface area contributed by atoms with Crippen LogP contribution in [0.4, 0.5) is 19.1 Å². The Kier molecular flexibility index (Phi) is 8.43. The van der Waals surface area contributed by atoms with Gasteiger partial charge in [-0.3, -0.25) is 4.72 Å². The number of aromatic nitrogens is 3. The van der Waals surface area contributed by atoms with Gasteiger partial charge in [0.15, 0.2) is 0 Å². The van der Waals surface area contributed by atoms with Crippen LogP contribution in [0.2, 0.25) is 0 Å². The summed E-state index contributed by atoms with van der Waals surface area (Å²) < 4.78 is 46.2. The predicted molar refractivity (Wildman–Crippen MR) is 136 cm³/mol. The van der Waals surface area contributed by atoms with Crippen molar-refractivity contribution in [3.8, 4) is 17.0 Å². The van der Waals surface area contributed by atoms with E-state index in [-0.39, 0.29) is 0 Å². The molecule has 1 aliphatic rings. The highest BCUT2D eigenvalue weighted by Gasteiger charge is 2.30. The first-order valence-corrected chi connectivity index (χ1v) is 12.3. The number of nitrogens with one attached hydrogen (secondary N) is 1. The average Bonchev–Trinajstić information content (AvgIpc) is 3.37. The summed E-state index contributed by atoms with van der Waals surface area (Å²) in [6.07, 6.45) is 4.37. The number of pyridine rings is 1. The first-order valence-electron chi connectivity index (χ1n) is 11.5. The molecule has 0 radical (unpaired) electrons. The van der Waals surface area contributed by atoms with E-state index in [1.54, 1.807) is 42.5 Å². The molecule has 2 heterocycles. The standard InChI is InChI=1S/C14H12F3NO.C13H13N3S/c1-2-19-13-7-6-11(9-18-13)10-4-3-5-12(8-10)14(15,16)17;1-3-10-5-6-12(9-11(10)4-1)17-16-13-14-7-2-8-15-13/h3-9H,2H2,1H3;2,5-9H,1,3-4H2,(H,14,15,16). The molecule has 0 saturated carbocycles. The van der Waals surface area contributed by atoms with Gasteiger partial charge in [0, 0.05) is 35.1 Å². The maximum Gasteiger partial charge on any atom is 0.416 e. The van der Waals surface area contributed by atoms with Gasteiger partial charge in [0.1, 0.15) is 0 Å². The van der Waals surface area contributed by atoms with Gasteiger partial charge >= 0.3 is 6.18 Å². The summed E-state index contributed by atoms with van der Waals surface area (Å²) in [4.78, 5) is 13.5. The fourth-order valence-electron chi connectivity index (χ4n) is 3.73. The molecule has 0 bridgehead atoms. The highest BCUT2D eigenvalue weighted by molar-refractivity contribution is 8.00. The van der Waals surface area contributed by atoms with Crippen LogP contribution in [0.1, 0.15) is 30.0 Å². The van der Waals surface area contributed by atoms with Crippen molar-refractivity contribution in [3.63, 3.8) is 0 Å². The smallest absolute Gasteiger partial charge is 0.416 e. The molecule has 2 aromatic heterocycles. The highest BCUT2D eigenvalue weighted by atomic mass is 32.2. The molecule has 5 nitrogen and oxygen atoms in total. The van der Waals surface area contributed by atoms with Crippen LogP contribution in [0.5, 0.6) is 5.88 Å². The summed E-state index contributed by atoms with van der Waals surface area (Å²) in [5.41, 5.74) is 3.43. The normalized spacial score (nSPS) is 12.3. The summed E-state index contributed by atoms with van der Waals surface area (Å²) >= 11 is 1.56. The van der Waals surface area contributed by atoms with Crippen molar-refractivity contribution in [2.75, 3.05) is 11.3 Å². The monoisotopic (exact) mass is 510 g/mol. The zero-order valence-electron chi connectivity index (χ0n) is 19.6. The summed E-state index contributed by atoms with van der Waals surface area (Å²) in [6, 6.07) is 17.0. The number of aryl methyl sites for hydroxylation is 2. The second-order valence-electron chi connectivity index (χ2n) is 7.96. The van der Waals surface area contributed by atoms with Crippen LogP contribution in [0.15, 0.2) is 84.1 Å². The van der Waals surface area contributed by atoms with Crippen molar-refractivity contribution in [3.05, 3.63) is 95.9 Å². The summed E-state index contributed by atoms with van der Waals surface area (Å²) in [5.74, 6) is 1.11. The van der Waals surface area contributed by atoms with E-state index in [2.05, 4.69) is 37.9 Å². The van der Waals surface area contributed by atoms with Crippen LogP contribution < -0.4 is 9.46 Å². The molecule has 36 heavy (non-hydrogen) atoms. The molecule has 0 unspecified atom stereocenters. The summed E-state index contributed by atoms with van der Waals surface area (Å²) in [6.45, 7) is 2.33. The zero-order chi connectivity index (χ0) is 25.4. The summed E-state index contributed by atoms with van der Waals surface area (Å²) in [5, 5.41) is 0. The van der Waals surface area contributed by atoms with Gasteiger partial charge in [-0.2, -0.15) is 13.2 Å². The van der Waals surface area contributed by atoms with Gasteiger partial charge in [-0.1, -0.05) is 18.2 Å². The number of fused-ring (bicyclic) bond motifs is 1. The van der Waals surface area contributed by atoms with Gasteiger partial charge in [0.05, 0.1) is 12.2 Å². The highest BCUT2D eigenvalue weighted by Crippen LogP contribution is 2.32. The lowest BCUT2D eigenvalue weighted by Crippen LogP contribution is -2.04. The third-order valence-corrected chi connectivity index (χ3v) is 6.22. The van der Waals surface area contributed by atoms with E-state index in [9.17, 15) is 13.2 Å². The minimum absolute atomic E-state index is 0.457. The molecule has 0 atom stereocenters. The number of nitrogens with zero attached hydrogens (tertiary/aromatic N) is 3. The number of rotatable bonds is 6. The molecule has 5 rings (SSSR count). The molecular formula is C27H25F3N4OS. The Balaban J connectivity index is 0.000000170. The molecule has 1 N–H and O–H groups in total. The van der Waals surface area contributed by atoms with Crippen molar-refractivity contribution >= 4 is 17.9 Å². The number of anilines is 1. The Labute approximate surface area is 212 Å². The van der Waals surface area contributed by atoms with E-state index in [0.717, 1.165) is 12.1 Å². The molecule has 4 aromatic rings. The third kappa shape index (κ3) is 6.97. The topological polar surface area (TPSA) is 59.9 Å². The predicted octanol–water partition coefficient (Wildman–Crippen LogP) is 7.25. The minimum atomic E-state index is -4.34. The van der Waals surface area contributed by atoms with Crippen molar-refractivity contribution in [1.29, 1.82) is 0 Å². The van der Waals surface area contributed by atoms with Gasteiger partial charge in [0.25, 0.3) is 0 Å². The van der Waals surface area contributed by atoms with E-state index in [4.69, 9.17) is 4.74 Å². The number of hydrogen-bond donors (Lipinski definition) is 1. The fourth-order valence-corrected chi connectivity index (χ4v) is 4.38. The second-order valence-corrected chi connectivity index (χ2v) is 8.84. The molecule has 0 amide bonds. The second kappa shape index (κ2) is 11.9. The Morgan fingerprint density at radius 3 is 2.42 bits per heavy atom. The maximum atomic E-state index is 12.6. The van der Waals surface area contributed by atoms with Gasteiger partial charge < -0.3 is 4.74 Å². The minimum Gasteiger partial charge on any atom is -0.478 e. The lowest BCUT2D eigenvalue weighted by molar-refractivity contribution is -0.137. The number of alkyl halides is 3. The zero-order valence-corrected chi connectivity index (χ0v) is 20.4. The molecular weight excluding hydrogens is 485 g/mol. The Morgan fingerprint density at radius 1 is 0.889 bits per heavy atom. The lowest BCUT2D eigenvalue weighted by atomic mass is 10.0. The van der Waals surface area contributed by atoms with Crippen LogP contribution >= 0.6 is 11.9 Å². The number of halogens is 3. The Hall–Kier alpha value is -3.59. The quantitative estimate of drug-likeness (QED) is 0.276. The number of benzene rings is 2. The van der Waals surface area contributed by atoms with Crippen molar-refractivity contribution in [2.24, 2.45) is 0 Å². The molecule has 9 heteroatoms.